The number of carbonyl (C=O) groups is 1. The molecule has 2 rings (SSSR count). The first kappa shape index (κ1) is 15.0. The number of thiophene rings is 1. The van der Waals surface area contributed by atoms with Crippen molar-refractivity contribution >= 4 is 17.2 Å². The lowest BCUT2D eigenvalue weighted by Gasteiger charge is -2.36. The van der Waals surface area contributed by atoms with Crippen LogP contribution in [0.1, 0.15) is 30.2 Å². The summed E-state index contributed by atoms with van der Waals surface area (Å²) in [7, 11) is 0. The van der Waals surface area contributed by atoms with Crippen molar-refractivity contribution in [2.45, 2.75) is 32.4 Å². The van der Waals surface area contributed by atoms with E-state index in [0.29, 0.717) is 12.6 Å². The molecule has 1 aromatic heterocycles. The quantitative estimate of drug-likeness (QED) is 0.820. The third kappa shape index (κ3) is 3.60. The summed E-state index contributed by atoms with van der Waals surface area (Å²) in [5, 5.41) is 2.05. The van der Waals surface area contributed by atoms with E-state index in [1.54, 1.807) is 11.3 Å². The maximum absolute atomic E-state index is 11.4. The van der Waals surface area contributed by atoms with Gasteiger partial charge in [0.1, 0.15) is 0 Å². The highest BCUT2D eigenvalue weighted by Crippen LogP contribution is 2.26. The molecule has 1 saturated heterocycles. The molecule has 2 atom stereocenters. The van der Waals surface area contributed by atoms with E-state index in [9.17, 15) is 4.79 Å². The largest absolute Gasteiger partial charge is 0.369 e. The van der Waals surface area contributed by atoms with E-state index < -0.39 is 0 Å². The van der Waals surface area contributed by atoms with Crippen LogP contribution in [0.5, 0.6) is 0 Å². The van der Waals surface area contributed by atoms with E-state index in [1.165, 1.54) is 4.88 Å². The van der Waals surface area contributed by atoms with E-state index in [2.05, 4.69) is 29.0 Å². The smallest absolute Gasteiger partial charge is 0.221 e. The lowest BCUT2D eigenvalue weighted by Crippen LogP contribution is -2.45. The van der Waals surface area contributed by atoms with E-state index in [4.69, 9.17) is 11.5 Å². The molecule has 5 heteroatoms. The molecule has 1 aromatic rings. The van der Waals surface area contributed by atoms with Crippen molar-refractivity contribution in [1.29, 1.82) is 0 Å². The number of nitrogens with zero attached hydrogens (tertiary/aromatic N) is 1. The fourth-order valence-electron chi connectivity index (χ4n) is 2.54. The third-order valence-electron chi connectivity index (χ3n) is 3.83. The molecule has 1 aliphatic heterocycles. The van der Waals surface area contributed by atoms with E-state index >= 15 is 0 Å². The van der Waals surface area contributed by atoms with Gasteiger partial charge in [-0.05, 0) is 31.2 Å². The normalized spacial score (nSPS) is 23.1. The Morgan fingerprint density at radius 3 is 3.05 bits per heavy atom. The Kier molecular flexibility index (Phi) is 5.18. The second-order valence-corrected chi connectivity index (χ2v) is 6.22. The minimum absolute atomic E-state index is 0.0234. The highest BCUT2D eigenvalue weighted by Gasteiger charge is 2.28. The molecular weight excluding hydrogens is 270 g/mol. The molecule has 20 heavy (non-hydrogen) atoms. The van der Waals surface area contributed by atoms with Gasteiger partial charge in [0.25, 0.3) is 0 Å². The van der Waals surface area contributed by atoms with E-state index in [0.717, 1.165) is 31.5 Å². The Hall–Kier alpha value is -1.35. The van der Waals surface area contributed by atoms with Gasteiger partial charge in [-0.1, -0.05) is 11.8 Å². The van der Waals surface area contributed by atoms with Gasteiger partial charge in [0.05, 0.1) is 12.5 Å². The van der Waals surface area contributed by atoms with Crippen molar-refractivity contribution in [2.24, 2.45) is 17.4 Å². The van der Waals surface area contributed by atoms with Crippen LogP contribution in [0, 0.1) is 17.8 Å². The molecule has 0 radical (unpaired) electrons. The lowest BCUT2D eigenvalue weighted by atomic mass is 9.93. The minimum Gasteiger partial charge on any atom is -0.369 e. The molecule has 0 aromatic carbocycles. The Labute approximate surface area is 124 Å². The van der Waals surface area contributed by atoms with Crippen molar-refractivity contribution in [1.82, 2.24) is 4.90 Å². The summed E-state index contributed by atoms with van der Waals surface area (Å²) < 4.78 is 0. The Balaban J connectivity index is 2.08. The van der Waals surface area contributed by atoms with Crippen LogP contribution in [0.2, 0.25) is 0 Å². The monoisotopic (exact) mass is 291 g/mol. The molecule has 2 heterocycles. The highest BCUT2D eigenvalue weighted by molar-refractivity contribution is 7.10. The second kappa shape index (κ2) is 6.89. The molecule has 0 saturated carbocycles. The molecule has 1 aliphatic rings. The van der Waals surface area contributed by atoms with Gasteiger partial charge < -0.3 is 11.5 Å². The predicted molar refractivity (Wildman–Crippen MR) is 82.0 cm³/mol. The van der Waals surface area contributed by atoms with Crippen LogP contribution in [0.25, 0.3) is 0 Å². The lowest BCUT2D eigenvalue weighted by molar-refractivity contribution is -0.124. The first-order chi connectivity index (χ1) is 9.61. The molecule has 0 bridgehead atoms. The maximum Gasteiger partial charge on any atom is 0.221 e. The fourth-order valence-corrected chi connectivity index (χ4v) is 3.39. The van der Waals surface area contributed by atoms with Gasteiger partial charge in [-0.25, -0.2) is 0 Å². The van der Waals surface area contributed by atoms with Crippen molar-refractivity contribution in [2.75, 3.05) is 13.1 Å². The molecule has 2 unspecified atom stereocenters. The number of amides is 1. The zero-order chi connectivity index (χ0) is 14.5. The molecule has 1 fully saturated rings. The van der Waals surface area contributed by atoms with Crippen LogP contribution in [-0.4, -0.2) is 29.9 Å². The van der Waals surface area contributed by atoms with Crippen molar-refractivity contribution in [3.63, 3.8) is 0 Å². The van der Waals surface area contributed by atoms with E-state index in [1.807, 2.05) is 6.07 Å². The first-order valence-electron chi connectivity index (χ1n) is 6.90. The topological polar surface area (TPSA) is 72.4 Å². The van der Waals surface area contributed by atoms with Crippen LogP contribution < -0.4 is 11.5 Å². The third-order valence-corrected chi connectivity index (χ3v) is 4.74. The number of carbonyl (C=O) groups excluding carboxylic acids is 1. The van der Waals surface area contributed by atoms with Crippen LogP contribution in [0.15, 0.2) is 11.4 Å². The van der Waals surface area contributed by atoms with Crippen molar-refractivity contribution in [3.8, 4) is 11.8 Å². The number of nitrogens with two attached hydrogens (primary N) is 2. The Bertz CT molecular complexity index is 529. The molecule has 0 aliphatic carbocycles. The zero-order valence-electron chi connectivity index (χ0n) is 11.8. The second-order valence-electron chi connectivity index (χ2n) is 5.22. The summed E-state index contributed by atoms with van der Waals surface area (Å²) in [4.78, 5) is 14.9. The van der Waals surface area contributed by atoms with Crippen LogP contribution in [0.3, 0.4) is 0 Å². The number of rotatable bonds is 3. The summed E-state index contributed by atoms with van der Waals surface area (Å²) in [6, 6.07) is 2.51. The van der Waals surface area contributed by atoms with Crippen molar-refractivity contribution in [3.05, 3.63) is 21.9 Å². The molecule has 108 valence electrons. The number of hydrogen-bond donors (Lipinski definition) is 2. The van der Waals surface area contributed by atoms with Crippen LogP contribution >= 0.6 is 11.3 Å². The average Bonchev–Trinajstić information content (AvgIpc) is 2.86. The number of likely N-dealkylation sites (tertiary alicyclic amines) is 1. The number of hydrogen-bond acceptors (Lipinski definition) is 4. The molecule has 4 nitrogen and oxygen atoms in total. The van der Waals surface area contributed by atoms with Gasteiger partial charge >= 0.3 is 0 Å². The summed E-state index contributed by atoms with van der Waals surface area (Å²) >= 11 is 1.70. The molecule has 4 N–H and O–H groups in total. The molecular formula is C15H21N3OS. The number of piperidine rings is 1. The van der Waals surface area contributed by atoms with Gasteiger partial charge in [0, 0.05) is 29.6 Å². The Morgan fingerprint density at radius 2 is 2.35 bits per heavy atom. The van der Waals surface area contributed by atoms with Crippen LogP contribution in [-0.2, 0) is 11.3 Å². The van der Waals surface area contributed by atoms with Gasteiger partial charge in [-0.15, -0.1) is 11.3 Å². The SMILES string of the molecule is CC1CCC(C(N)=O)CN1Cc1sccc1C#CCN. The predicted octanol–water partition coefficient (Wildman–Crippen LogP) is 1.14. The van der Waals surface area contributed by atoms with Crippen LogP contribution in [0.4, 0.5) is 0 Å². The summed E-state index contributed by atoms with van der Waals surface area (Å²) in [6.45, 7) is 4.16. The standard InChI is InChI=1S/C15H21N3OS/c1-11-4-5-13(15(17)19)9-18(11)10-14-12(3-2-7-16)6-8-20-14/h6,8,11,13H,4-5,7,9-10,16H2,1H3,(H2,17,19). The summed E-state index contributed by atoms with van der Waals surface area (Å²) in [5.74, 6) is 5.80. The molecule has 0 spiro atoms. The van der Waals surface area contributed by atoms with Crippen molar-refractivity contribution < 1.29 is 4.79 Å². The molecule has 1 amide bonds. The summed E-state index contributed by atoms with van der Waals surface area (Å²) in [6.07, 6.45) is 1.92. The average molecular weight is 291 g/mol. The fraction of sp³-hybridized carbons (Fsp3) is 0.533. The highest BCUT2D eigenvalue weighted by atomic mass is 32.1. The number of primary amides is 1. The maximum atomic E-state index is 11.4. The summed E-state index contributed by atoms with van der Waals surface area (Å²) in [5.41, 5.74) is 11.9. The first-order valence-corrected chi connectivity index (χ1v) is 7.78. The van der Waals surface area contributed by atoms with E-state index in [-0.39, 0.29) is 11.8 Å². The van der Waals surface area contributed by atoms with Gasteiger partial charge in [0.2, 0.25) is 5.91 Å². The zero-order valence-corrected chi connectivity index (χ0v) is 12.6. The van der Waals surface area contributed by atoms with Gasteiger partial charge in [-0.3, -0.25) is 9.69 Å². The Morgan fingerprint density at radius 1 is 1.55 bits per heavy atom. The van der Waals surface area contributed by atoms with Gasteiger partial charge in [0.15, 0.2) is 0 Å². The van der Waals surface area contributed by atoms with Gasteiger partial charge in [-0.2, -0.15) is 0 Å². The minimum atomic E-state index is -0.184.